The van der Waals surface area contributed by atoms with Crippen molar-refractivity contribution in [2.45, 2.75) is 39.7 Å². The number of carboxylic acid groups (broad SMARTS) is 1. The maximum Gasteiger partial charge on any atom is 0.335 e. The second-order valence-corrected chi connectivity index (χ2v) is 7.03. The molecule has 1 heterocycles. The molecule has 0 amide bonds. The van der Waals surface area contributed by atoms with Crippen molar-refractivity contribution < 1.29 is 9.90 Å². The van der Waals surface area contributed by atoms with Gasteiger partial charge in [0.15, 0.2) is 0 Å². The molecule has 3 rings (SSSR count). The monoisotopic (exact) mass is 382 g/mol. The van der Waals surface area contributed by atoms with Crippen molar-refractivity contribution in [2.75, 3.05) is 0 Å². The van der Waals surface area contributed by atoms with Crippen molar-refractivity contribution in [1.82, 2.24) is 9.55 Å². The molecule has 0 atom stereocenters. The van der Waals surface area contributed by atoms with Gasteiger partial charge in [0.2, 0.25) is 0 Å². The number of hydrogen-bond donors (Lipinski definition) is 1. The minimum absolute atomic E-state index is 0.313. The van der Waals surface area contributed by atoms with Crippen LogP contribution in [0.4, 0.5) is 0 Å². The molecule has 140 valence electrons. The topological polar surface area (TPSA) is 55.1 Å². The lowest BCUT2D eigenvalue weighted by atomic mass is 10.00. The maximum atomic E-state index is 11.5. The van der Waals surface area contributed by atoms with Gasteiger partial charge in [0.05, 0.1) is 24.0 Å². The number of nitrogens with zero attached hydrogens (tertiary/aromatic N) is 2. The average Bonchev–Trinajstić information content (AvgIpc) is 3.04. The van der Waals surface area contributed by atoms with Gasteiger partial charge in [0.1, 0.15) is 5.82 Å². The smallest absolute Gasteiger partial charge is 0.335 e. The lowest BCUT2D eigenvalue weighted by Gasteiger charge is -2.15. The molecule has 0 saturated carbocycles. The number of carbonyl (C=O) groups is 1. The molecule has 3 aromatic rings. The number of aryl methyl sites for hydroxylation is 1. The second-order valence-electron chi connectivity index (χ2n) is 6.62. The Hall–Kier alpha value is -2.59. The number of hydrogen-bond acceptors (Lipinski definition) is 2. The van der Waals surface area contributed by atoms with Crippen molar-refractivity contribution in [3.63, 3.8) is 0 Å². The van der Waals surface area contributed by atoms with Crippen LogP contribution in [-0.2, 0) is 13.0 Å². The van der Waals surface area contributed by atoms with E-state index in [1.807, 2.05) is 43.5 Å². The summed E-state index contributed by atoms with van der Waals surface area (Å²) in [6.45, 7) is 4.60. The number of aromatic nitrogens is 2. The van der Waals surface area contributed by atoms with E-state index in [1.54, 1.807) is 12.1 Å². The number of unbranched alkanes of at least 4 members (excludes halogenated alkanes) is 1. The normalized spacial score (nSPS) is 10.9. The third-order valence-corrected chi connectivity index (χ3v) is 5.19. The summed E-state index contributed by atoms with van der Waals surface area (Å²) >= 11 is 6.38. The highest BCUT2D eigenvalue weighted by Gasteiger charge is 2.17. The molecule has 2 aromatic carbocycles. The van der Waals surface area contributed by atoms with Gasteiger partial charge in [0, 0.05) is 17.0 Å². The molecule has 0 spiro atoms. The fourth-order valence-corrected chi connectivity index (χ4v) is 3.48. The standard InChI is InChI=1S/C22H23ClN2O2/c1-3-4-12-21-24-13-20(17-9-7-10-18(15(17)2)22(26)27)25(21)14-16-8-5-6-11-19(16)23/h5-11,13H,3-4,12,14H2,1-2H3,(H,26,27). The number of imidazole rings is 1. The van der Waals surface area contributed by atoms with E-state index in [-0.39, 0.29) is 0 Å². The summed E-state index contributed by atoms with van der Waals surface area (Å²) in [5, 5.41) is 10.2. The molecule has 0 saturated heterocycles. The van der Waals surface area contributed by atoms with Crippen molar-refractivity contribution in [2.24, 2.45) is 0 Å². The van der Waals surface area contributed by atoms with Crippen LogP contribution in [0, 0.1) is 6.92 Å². The van der Waals surface area contributed by atoms with Gasteiger partial charge in [-0.25, -0.2) is 9.78 Å². The van der Waals surface area contributed by atoms with E-state index in [0.29, 0.717) is 12.1 Å². The Bertz CT molecular complexity index is 963. The van der Waals surface area contributed by atoms with Crippen LogP contribution < -0.4 is 0 Å². The lowest BCUT2D eigenvalue weighted by molar-refractivity contribution is 0.0696. The Kier molecular flexibility index (Phi) is 5.97. The third-order valence-electron chi connectivity index (χ3n) is 4.82. The summed E-state index contributed by atoms with van der Waals surface area (Å²) in [5.74, 6) is 0.0737. The van der Waals surface area contributed by atoms with Crippen LogP contribution in [0.1, 0.15) is 47.1 Å². The highest BCUT2D eigenvalue weighted by atomic mass is 35.5. The predicted molar refractivity (Wildman–Crippen MR) is 109 cm³/mol. The molecule has 0 aliphatic carbocycles. The molecule has 0 unspecified atom stereocenters. The van der Waals surface area contributed by atoms with Gasteiger partial charge < -0.3 is 9.67 Å². The first-order valence-electron chi connectivity index (χ1n) is 9.14. The zero-order chi connectivity index (χ0) is 19.4. The lowest BCUT2D eigenvalue weighted by Crippen LogP contribution is -2.09. The first kappa shape index (κ1) is 19.2. The van der Waals surface area contributed by atoms with Crippen molar-refractivity contribution in [1.29, 1.82) is 0 Å². The Morgan fingerprint density at radius 2 is 1.96 bits per heavy atom. The molecular weight excluding hydrogens is 360 g/mol. The molecular formula is C22H23ClN2O2. The van der Waals surface area contributed by atoms with E-state index in [0.717, 1.165) is 52.5 Å². The number of carboxylic acids is 1. The van der Waals surface area contributed by atoms with E-state index < -0.39 is 5.97 Å². The Labute approximate surface area is 164 Å². The highest BCUT2D eigenvalue weighted by molar-refractivity contribution is 6.31. The summed E-state index contributed by atoms with van der Waals surface area (Å²) in [7, 11) is 0. The van der Waals surface area contributed by atoms with E-state index in [4.69, 9.17) is 11.6 Å². The predicted octanol–water partition coefficient (Wildman–Crippen LogP) is 5.60. The molecule has 0 bridgehead atoms. The first-order chi connectivity index (χ1) is 13.0. The Morgan fingerprint density at radius 3 is 2.67 bits per heavy atom. The summed E-state index contributed by atoms with van der Waals surface area (Å²) in [6.07, 6.45) is 4.85. The van der Waals surface area contributed by atoms with Gasteiger partial charge in [-0.1, -0.05) is 55.3 Å². The van der Waals surface area contributed by atoms with E-state index >= 15 is 0 Å². The number of aromatic carboxylic acids is 1. The van der Waals surface area contributed by atoms with Crippen molar-refractivity contribution >= 4 is 17.6 Å². The maximum absolute atomic E-state index is 11.5. The minimum atomic E-state index is -0.919. The van der Waals surface area contributed by atoms with Gasteiger partial charge in [-0.05, 0) is 36.6 Å². The fourth-order valence-electron chi connectivity index (χ4n) is 3.28. The molecule has 0 aliphatic heterocycles. The van der Waals surface area contributed by atoms with Crippen LogP contribution in [0.5, 0.6) is 0 Å². The van der Waals surface area contributed by atoms with Gasteiger partial charge in [0.25, 0.3) is 0 Å². The number of rotatable bonds is 7. The summed E-state index contributed by atoms with van der Waals surface area (Å²) in [4.78, 5) is 16.2. The van der Waals surface area contributed by atoms with Crippen LogP contribution in [-0.4, -0.2) is 20.6 Å². The van der Waals surface area contributed by atoms with Crippen LogP contribution in [0.3, 0.4) is 0 Å². The highest BCUT2D eigenvalue weighted by Crippen LogP contribution is 2.29. The zero-order valence-corrected chi connectivity index (χ0v) is 16.3. The molecule has 1 N–H and O–H groups in total. The Morgan fingerprint density at radius 1 is 1.19 bits per heavy atom. The number of benzene rings is 2. The SMILES string of the molecule is CCCCc1ncc(-c2cccc(C(=O)O)c2C)n1Cc1ccccc1Cl. The summed E-state index contributed by atoms with van der Waals surface area (Å²) in [5.41, 5.74) is 3.88. The van der Waals surface area contributed by atoms with Gasteiger partial charge >= 0.3 is 5.97 Å². The molecule has 0 aliphatic rings. The van der Waals surface area contributed by atoms with Crippen LogP contribution >= 0.6 is 11.6 Å². The van der Waals surface area contributed by atoms with Gasteiger partial charge in [-0.15, -0.1) is 0 Å². The molecule has 5 heteroatoms. The van der Waals surface area contributed by atoms with Gasteiger partial charge in [-0.2, -0.15) is 0 Å². The van der Waals surface area contributed by atoms with E-state index in [9.17, 15) is 9.90 Å². The summed E-state index contributed by atoms with van der Waals surface area (Å²) < 4.78 is 2.16. The molecule has 0 fully saturated rings. The van der Waals surface area contributed by atoms with Crippen LogP contribution in [0.15, 0.2) is 48.7 Å². The Balaban J connectivity index is 2.11. The van der Waals surface area contributed by atoms with E-state index in [2.05, 4.69) is 16.5 Å². The minimum Gasteiger partial charge on any atom is -0.478 e. The second kappa shape index (κ2) is 8.40. The van der Waals surface area contributed by atoms with Crippen molar-refractivity contribution in [3.05, 3.63) is 76.2 Å². The third kappa shape index (κ3) is 4.06. The quantitative estimate of drug-likeness (QED) is 0.578. The molecule has 27 heavy (non-hydrogen) atoms. The molecule has 1 aromatic heterocycles. The average molecular weight is 383 g/mol. The van der Waals surface area contributed by atoms with Crippen molar-refractivity contribution in [3.8, 4) is 11.3 Å². The zero-order valence-electron chi connectivity index (χ0n) is 15.6. The number of halogens is 1. The van der Waals surface area contributed by atoms with Crippen LogP contribution in [0.25, 0.3) is 11.3 Å². The van der Waals surface area contributed by atoms with Crippen LogP contribution in [0.2, 0.25) is 5.02 Å². The van der Waals surface area contributed by atoms with Gasteiger partial charge in [-0.3, -0.25) is 0 Å². The molecule has 0 radical (unpaired) electrons. The summed E-state index contributed by atoms with van der Waals surface area (Å²) in [6, 6.07) is 13.1. The fraction of sp³-hybridized carbons (Fsp3) is 0.273. The first-order valence-corrected chi connectivity index (χ1v) is 9.51. The molecule has 4 nitrogen and oxygen atoms in total. The van der Waals surface area contributed by atoms with E-state index in [1.165, 1.54) is 0 Å². The largest absolute Gasteiger partial charge is 0.478 e.